The Bertz CT molecular complexity index is 781. The van der Waals surface area contributed by atoms with Crippen molar-refractivity contribution in [1.29, 1.82) is 0 Å². The van der Waals surface area contributed by atoms with Crippen molar-refractivity contribution in [3.8, 4) is 5.88 Å². The van der Waals surface area contributed by atoms with Gasteiger partial charge in [0.25, 0.3) is 0 Å². The van der Waals surface area contributed by atoms with Gasteiger partial charge in [-0.25, -0.2) is 4.98 Å². The molecule has 4 aliphatic heterocycles. The second kappa shape index (κ2) is 5.42. The van der Waals surface area contributed by atoms with Gasteiger partial charge in [0.05, 0.1) is 0 Å². The molecule has 4 aliphatic rings. The predicted octanol–water partition coefficient (Wildman–Crippen LogP) is 3.05. The van der Waals surface area contributed by atoms with Gasteiger partial charge in [0.15, 0.2) is 0 Å². The number of piperidine rings is 3. The van der Waals surface area contributed by atoms with Gasteiger partial charge in [0, 0.05) is 43.0 Å². The number of hydrogen-bond acceptors (Lipinski definition) is 4. The van der Waals surface area contributed by atoms with Crippen molar-refractivity contribution >= 4 is 12.2 Å². The topological polar surface area (TPSA) is 38.2 Å². The smallest absolute Gasteiger partial charge is 0.217 e. The molecule has 122 valence electrons. The van der Waals surface area contributed by atoms with E-state index in [1.165, 1.54) is 31.5 Å². The lowest BCUT2D eigenvalue weighted by Gasteiger charge is -2.50. The van der Waals surface area contributed by atoms with Gasteiger partial charge >= 0.3 is 0 Å². The monoisotopic (exact) mass is 319 g/mol. The van der Waals surface area contributed by atoms with E-state index in [1.54, 1.807) is 0 Å². The van der Waals surface area contributed by atoms with E-state index < -0.39 is 0 Å². The maximum Gasteiger partial charge on any atom is 0.217 e. The van der Waals surface area contributed by atoms with Crippen molar-refractivity contribution in [2.24, 2.45) is 5.92 Å². The van der Waals surface area contributed by atoms with Crippen LogP contribution in [-0.4, -0.2) is 40.1 Å². The van der Waals surface area contributed by atoms with Crippen LogP contribution in [0.15, 0.2) is 36.8 Å². The molecule has 4 nitrogen and oxygen atoms in total. The van der Waals surface area contributed by atoms with Gasteiger partial charge in [-0.3, -0.25) is 9.88 Å². The van der Waals surface area contributed by atoms with Crippen LogP contribution >= 0.6 is 0 Å². The fourth-order valence-corrected chi connectivity index (χ4v) is 4.48. The molecule has 4 heteroatoms. The van der Waals surface area contributed by atoms with Crippen molar-refractivity contribution in [2.45, 2.75) is 24.9 Å². The molecule has 6 rings (SSSR count). The normalized spacial score (nSPS) is 30.7. The van der Waals surface area contributed by atoms with E-state index in [0.717, 1.165) is 30.0 Å². The standard InChI is InChI=1S/C20H21N3O/c1(15-3-7-21-8-4-15)2-16-11-17-12-20(24-19(17)22-13-16)14-23-9-5-18(20)6-10-23/h1-4,7-8,11,13,18H,5-6,9-10,12,14H2/b2-1+/t20-/m0/s1. The Morgan fingerprint density at radius 3 is 2.67 bits per heavy atom. The molecule has 0 aromatic carbocycles. The molecule has 0 amide bonds. The Balaban J connectivity index is 1.39. The number of hydrogen-bond donors (Lipinski definition) is 0. The highest BCUT2D eigenvalue weighted by Gasteiger charge is 2.52. The van der Waals surface area contributed by atoms with Crippen molar-refractivity contribution in [3.63, 3.8) is 0 Å². The van der Waals surface area contributed by atoms with Crippen molar-refractivity contribution < 1.29 is 4.74 Å². The van der Waals surface area contributed by atoms with E-state index in [0.29, 0.717) is 5.92 Å². The lowest BCUT2D eigenvalue weighted by Crippen LogP contribution is -2.61. The van der Waals surface area contributed by atoms with E-state index in [2.05, 4.69) is 33.1 Å². The highest BCUT2D eigenvalue weighted by molar-refractivity contribution is 5.69. The molecular formula is C20H21N3O. The lowest BCUT2D eigenvalue weighted by atomic mass is 9.73. The Hall–Kier alpha value is -2.20. The summed E-state index contributed by atoms with van der Waals surface area (Å²) in [5.41, 5.74) is 3.53. The van der Waals surface area contributed by atoms with Gasteiger partial charge in [-0.1, -0.05) is 12.2 Å². The molecule has 0 N–H and O–H groups in total. The SMILES string of the molecule is C(=C\c1cnc2c(c1)C[C@@]1(CN3CCC1CC3)O2)/c1ccncc1. The molecule has 1 atom stereocenters. The first-order valence-electron chi connectivity index (χ1n) is 8.79. The number of nitrogens with zero attached hydrogens (tertiary/aromatic N) is 3. The summed E-state index contributed by atoms with van der Waals surface area (Å²) in [6, 6.07) is 6.25. The quantitative estimate of drug-likeness (QED) is 0.853. The first-order chi connectivity index (χ1) is 11.8. The Morgan fingerprint density at radius 2 is 1.92 bits per heavy atom. The van der Waals surface area contributed by atoms with Crippen LogP contribution in [0.5, 0.6) is 5.88 Å². The molecule has 2 bridgehead atoms. The average Bonchev–Trinajstić information content (AvgIpc) is 2.98. The van der Waals surface area contributed by atoms with E-state index in [-0.39, 0.29) is 5.60 Å². The first-order valence-corrected chi connectivity index (χ1v) is 8.79. The summed E-state index contributed by atoms with van der Waals surface area (Å²) in [7, 11) is 0. The van der Waals surface area contributed by atoms with Gasteiger partial charge in [-0.2, -0.15) is 0 Å². The van der Waals surface area contributed by atoms with Crippen LogP contribution < -0.4 is 4.74 Å². The summed E-state index contributed by atoms with van der Waals surface area (Å²) in [6.45, 7) is 3.54. The van der Waals surface area contributed by atoms with Crippen LogP contribution in [-0.2, 0) is 6.42 Å². The van der Waals surface area contributed by atoms with Gasteiger partial charge in [-0.15, -0.1) is 0 Å². The van der Waals surface area contributed by atoms with E-state index in [1.807, 2.05) is 30.7 Å². The Labute approximate surface area is 142 Å². The number of rotatable bonds is 2. The highest BCUT2D eigenvalue weighted by atomic mass is 16.5. The first kappa shape index (κ1) is 14.2. The second-order valence-electron chi connectivity index (χ2n) is 7.24. The Kier molecular flexibility index (Phi) is 3.20. The Morgan fingerprint density at radius 1 is 1.12 bits per heavy atom. The molecule has 3 fully saturated rings. The molecule has 0 unspecified atom stereocenters. The van der Waals surface area contributed by atoms with E-state index in [9.17, 15) is 0 Å². The molecule has 0 aliphatic carbocycles. The number of pyridine rings is 2. The van der Waals surface area contributed by atoms with Crippen molar-refractivity contribution in [2.75, 3.05) is 19.6 Å². The van der Waals surface area contributed by atoms with Gasteiger partial charge in [0.2, 0.25) is 5.88 Å². The zero-order valence-electron chi connectivity index (χ0n) is 13.7. The third-order valence-corrected chi connectivity index (χ3v) is 5.73. The molecule has 24 heavy (non-hydrogen) atoms. The highest BCUT2D eigenvalue weighted by Crippen LogP contribution is 2.46. The lowest BCUT2D eigenvalue weighted by molar-refractivity contribution is -0.0814. The van der Waals surface area contributed by atoms with Crippen LogP contribution in [0, 0.1) is 5.92 Å². The number of aromatic nitrogens is 2. The van der Waals surface area contributed by atoms with Gasteiger partial charge in [-0.05, 0) is 55.3 Å². The summed E-state index contributed by atoms with van der Waals surface area (Å²) in [5, 5.41) is 0. The maximum absolute atomic E-state index is 6.40. The number of fused-ring (bicyclic) bond motifs is 3. The maximum atomic E-state index is 6.40. The van der Waals surface area contributed by atoms with E-state index in [4.69, 9.17) is 4.74 Å². The molecule has 0 saturated carbocycles. The molecular weight excluding hydrogens is 298 g/mol. The zero-order chi connectivity index (χ0) is 16.0. The van der Waals surface area contributed by atoms with Crippen molar-refractivity contribution in [1.82, 2.24) is 14.9 Å². The summed E-state index contributed by atoms with van der Waals surface area (Å²) in [6.07, 6.45) is 13.3. The zero-order valence-corrected chi connectivity index (χ0v) is 13.7. The van der Waals surface area contributed by atoms with Crippen molar-refractivity contribution in [3.05, 3.63) is 53.5 Å². The van der Waals surface area contributed by atoms with Crippen LogP contribution in [0.4, 0.5) is 0 Å². The predicted molar refractivity (Wildman–Crippen MR) is 93.6 cm³/mol. The summed E-state index contributed by atoms with van der Waals surface area (Å²) in [5.74, 6) is 1.54. The second-order valence-corrected chi connectivity index (χ2v) is 7.24. The van der Waals surface area contributed by atoms with Crippen LogP contribution in [0.25, 0.3) is 12.2 Å². The van der Waals surface area contributed by atoms with E-state index >= 15 is 0 Å². The summed E-state index contributed by atoms with van der Waals surface area (Å²) in [4.78, 5) is 11.2. The molecule has 2 aromatic heterocycles. The third-order valence-electron chi connectivity index (χ3n) is 5.73. The molecule has 0 radical (unpaired) electrons. The molecule has 3 saturated heterocycles. The molecule has 1 spiro atoms. The van der Waals surface area contributed by atoms with Crippen LogP contribution in [0.1, 0.15) is 29.5 Å². The fourth-order valence-electron chi connectivity index (χ4n) is 4.48. The van der Waals surface area contributed by atoms with Crippen LogP contribution in [0.3, 0.4) is 0 Å². The van der Waals surface area contributed by atoms with Gasteiger partial charge < -0.3 is 4.74 Å². The fraction of sp³-hybridized carbons (Fsp3) is 0.400. The minimum Gasteiger partial charge on any atom is -0.469 e. The van der Waals surface area contributed by atoms with Gasteiger partial charge in [0.1, 0.15) is 5.60 Å². The molecule has 6 heterocycles. The third kappa shape index (κ3) is 2.33. The molecule has 2 aromatic rings. The van der Waals surface area contributed by atoms with Crippen LogP contribution in [0.2, 0.25) is 0 Å². The number of ether oxygens (including phenoxy) is 1. The minimum absolute atomic E-state index is 0.0146. The largest absolute Gasteiger partial charge is 0.469 e. The summed E-state index contributed by atoms with van der Waals surface area (Å²) < 4.78 is 6.40. The minimum atomic E-state index is -0.0146. The summed E-state index contributed by atoms with van der Waals surface area (Å²) >= 11 is 0. The average molecular weight is 319 g/mol.